The molecule has 9 nitrogen and oxygen atoms in total. The van der Waals surface area contributed by atoms with Gasteiger partial charge in [-0.05, 0) is 24.6 Å². The van der Waals surface area contributed by atoms with Gasteiger partial charge in [0.15, 0.2) is 0 Å². The molecule has 180 valence electrons. The monoisotopic (exact) mass is 468 g/mol. The van der Waals surface area contributed by atoms with Crippen molar-refractivity contribution in [3.63, 3.8) is 0 Å². The Hall–Kier alpha value is -3.95. The number of nitrogens with zero attached hydrogens (tertiary/aromatic N) is 3. The van der Waals surface area contributed by atoms with Crippen molar-refractivity contribution in [1.82, 2.24) is 14.1 Å². The summed E-state index contributed by atoms with van der Waals surface area (Å²) < 4.78 is 16.6. The van der Waals surface area contributed by atoms with Gasteiger partial charge >= 0.3 is 5.69 Å². The summed E-state index contributed by atoms with van der Waals surface area (Å²) in [6, 6.07) is 9.54. The summed E-state index contributed by atoms with van der Waals surface area (Å²) in [6.45, 7) is 3.88. The van der Waals surface area contributed by atoms with Gasteiger partial charge in [-0.3, -0.25) is 23.7 Å². The summed E-state index contributed by atoms with van der Waals surface area (Å²) in [6.07, 6.45) is 3.56. The quantitative estimate of drug-likeness (QED) is 0.420. The number of nitrogen functional groups attached to an aromatic ring is 1. The van der Waals surface area contributed by atoms with Crippen LogP contribution in [0, 0.1) is 5.82 Å². The summed E-state index contributed by atoms with van der Waals surface area (Å²) in [5.74, 6) is -0.618. The lowest BCUT2D eigenvalue weighted by atomic mass is 10.2. The third kappa shape index (κ3) is 5.89. The average Bonchev–Trinajstić information content (AvgIpc) is 2.81. The van der Waals surface area contributed by atoms with Crippen LogP contribution in [-0.4, -0.2) is 26.6 Å². The van der Waals surface area contributed by atoms with Crippen molar-refractivity contribution < 1.29 is 9.18 Å². The predicted molar refractivity (Wildman–Crippen MR) is 131 cm³/mol. The number of hydrogen-bond donors (Lipinski definition) is 3. The van der Waals surface area contributed by atoms with Gasteiger partial charge < -0.3 is 16.4 Å². The van der Waals surface area contributed by atoms with Gasteiger partial charge in [0.25, 0.3) is 5.56 Å². The van der Waals surface area contributed by atoms with E-state index >= 15 is 0 Å². The molecule has 10 heteroatoms. The number of carbonyl (C=O) groups excluding carboxylic acids is 1. The Morgan fingerprint density at radius 2 is 1.91 bits per heavy atom. The molecule has 0 spiro atoms. The Balaban J connectivity index is 1.86. The van der Waals surface area contributed by atoms with Gasteiger partial charge in [-0.15, -0.1) is 0 Å². The SMILES string of the molecule is CCCCn1c(N)c(NCCc2ccc(NC(C)=O)cn2)c(=O)n(Cc2ccccc2F)c1=O. The van der Waals surface area contributed by atoms with Gasteiger partial charge in [-0.2, -0.15) is 0 Å². The fourth-order valence-electron chi connectivity index (χ4n) is 3.52. The number of pyridine rings is 1. The first-order chi connectivity index (χ1) is 16.3. The lowest BCUT2D eigenvalue weighted by Crippen LogP contribution is -2.43. The standard InChI is InChI=1S/C24H29FN6O3/c1-3-4-13-30-22(26)21(27-12-11-18-9-10-19(14-28-18)29-16(2)32)23(33)31(24(30)34)15-17-7-5-6-8-20(17)25/h5-10,14,27H,3-4,11-13,15,26H2,1-2H3,(H,29,32). The highest BCUT2D eigenvalue weighted by atomic mass is 19.1. The number of carbonyl (C=O) groups is 1. The lowest BCUT2D eigenvalue weighted by molar-refractivity contribution is -0.114. The highest BCUT2D eigenvalue weighted by Gasteiger charge is 2.18. The largest absolute Gasteiger partial charge is 0.383 e. The van der Waals surface area contributed by atoms with Crippen LogP contribution in [0.1, 0.15) is 37.9 Å². The van der Waals surface area contributed by atoms with Crippen LogP contribution < -0.4 is 27.6 Å². The summed E-state index contributed by atoms with van der Waals surface area (Å²) >= 11 is 0. The van der Waals surface area contributed by atoms with Crippen LogP contribution in [0.25, 0.3) is 0 Å². The zero-order valence-electron chi connectivity index (χ0n) is 19.3. The number of amides is 1. The van der Waals surface area contributed by atoms with Crippen molar-refractivity contribution in [2.45, 2.75) is 46.2 Å². The van der Waals surface area contributed by atoms with Crippen LogP contribution in [0.5, 0.6) is 0 Å². The molecule has 2 heterocycles. The van der Waals surface area contributed by atoms with Gasteiger partial charge in [0, 0.05) is 37.7 Å². The van der Waals surface area contributed by atoms with E-state index in [1.807, 2.05) is 6.92 Å². The van der Waals surface area contributed by atoms with Gasteiger partial charge in [-0.1, -0.05) is 31.5 Å². The molecular weight excluding hydrogens is 439 g/mol. The van der Waals surface area contributed by atoms with Crippen LogP contribution in [0.2, 0.25) is 0 Å². The van der Waals surface area contributed by atoms with Gasteiger partial charge in [0.05, 0.1) is 18.4 Å². The third-order valence-corrected chi connectivity index (χ3v) is 5.32. The molecule has 0 atom stereocenters. The van der Waals surface area contributed by atoms with Crippen molar-refractivity contribution in [2.75, 3.05) is 22.9 Å². The minimum absolute atomic E-state index is 0.0576. The van der Waals surface area contributed by atoms with Crippen LogP contribution in [0.4, 0.5) is 21.6 Å². The summed E-state index contributed by atoms with van der Waals surface area (Å²) in [5, 5.41) is 5.69. The van der Waals surface area contributed by atoms with Crippen LogP contribution in [0.15, 0.2) is 52.2 Å². The number of halogens is 1. The Morgan fingerprint density at radius 1 is 1.15 bits per heavy atom. The van der Waals surface area contributed by atoms with Crippen molar-refractivity contribution in [3.8, 4) is 0 Å². The number of anilines is 3. The third-order valence-electron chi connectivity index (χ3n) is 5.32. The molecule has 3 aromatic rings. The van der Waals surface area contributed by atoms with E-state index in [0.717, 1.165) is 16.7 Å². The molecule has 4 N–H and O–H groups in total. The number of nitrogens with one attached hydrogen (secondary N) is 2. The van der Waals surface area contributed by atoms with Gasteiger partial charge in [-0.25, -0.2) is 9.18 Å². The first-order valence-electron chi connectivity index (χ1n) is 11.1. The Morgan fingerprint density at radius 3 is 2.56 bits per heavy atom. The van der Waals surface area contributed by atoms with E-state index in [1.165, 1.54) is 23.6 Å². The molecule has 0 fully saturated rings. The minimum Gasteiger partial charge on any atom is -0.383 e. The molecule has 2 aromatic heterocycles. The zero-order chi connectivity index (χ0) is 24.7. The Bertz CT molecular complexity index is 1270. The highest BCUT2D eigenvalue weighted by Crippen LogP contribution is 2.14. The molecule has 0 bridgehead atoms. The van der Waals surface area contributed by atoms with Gasteiger partial charge in [0.2, 0.25) is 5.91 Å². The van der Waals surface area contributed by atoms with Crippen molar-refractivity contribution in [1.29, 1.82) is 0 Å². The van der Waals surface area contributed by atoms with E-state index in [4.69, 9.17) is 5.73 Å². The second-order valence-electron chi connectivity index (χ2n) is 7.93. The average molecular weight is 469 g/mol. The minimum atomic E-state index is -0.604. The number of aromatic nitrogens is 3. The lowest BCUT2D eigenvalue weighted by Gasteiger charge is -2.18. The number of nitrogens with two attached hydrogens (primary N) is 1. The second-order valence-corrected chi connectivity index (χ2v) is 7.93. The van der Waals surface area contributed by atoms with E-state index in [2.05, 4.69) is 15.6 Å². The predicted octanol–water partition coefficient (Wildman–Crippen LogP) is 2.59. The number of rotatable bonds is 10. The molecule has 0 saturated carbocycles. The van der Waals surface area contributed by atoms with Crippen LogP contribution in [0.3, 0.4) is 0 Å². The van der Waals surface area contributed by atoms with E-state index in [0.29, 0.717) is 31.6 Å². The Labute approximate surface area is 196 Å². The van der Waals surface area contributed by atoms with E-state index in [9.17, 15) is 18.8 Å². The zero-order valence-corrected chi connectivity index (χ0v) is 19.3. The smallest absolute Gasteiger partial charge is 0.332 e. The van der Waals surface area contributed by atoms with Crippen LogP contribution >= 0.6 is 0 Å². The molecular formula is C24H29FN6O3. The molecule has 3 rings (SSSR count). The maximum atomic E-state index is 14.2. The van der Waals surface area contributed by atoms with Crippen molar-refractivity contribution in [3.05, 3.63) is 80.5 Å². The fraction of sp³-hybridized carbons (Fsp3) is 0.333. The van der Waals surface area contributed by atoms with Gasteiger partial charge in [0.1, 0.15) is 17.3 Å². The Kier molecular flexibility index (Phi) is 8.18. The molecule has 0 aliphatic heterocycles. The molecule has 1 amide bonds. The van der Waals surface area contributed by atoms with Crippen molar-refractivity contribution in [2.24, 2.45) is 0 Å². The first-order valence-corrected chi connectivity index (χ1v) is 11.1. The molecule has 1 aromatic carbocycles. The second kappa shape index (κ2) is 11.3. The van der Waals surface area contributed by atoms with Crippen molar-refractivity contribution >= 4 is 23.1 Å². The van der Waals surface area contributed by atoms with E-state index in [1.54, 1.807) is 30.5 Å². The summed E-state index contributed by atoms with van der Waals surface area (Å²) in [5.41, 5.74) is 6.72. The highest BCUT2D eigenvalue weighted by molar-refractivity contribution is 5.88. The van der Waals surface area contributed by atoms with Crippen LogP contribution in [-0.2, 0) is 24.3 Å². The topological polar surface area (TPSA) is 124 Å². The number of benzene rings is 1. The maximum Gasteiger partial charge on any atom is 0.332 e. The molecule has 0 saturated heterocycles. The molecule has 34 heavy (non-hydrogen) atoms. The molecule has 0 unspecified atom stereocenters. The summed E-state index contributed by atoms with van der Waals surface area (Å²) in [4.78, 5) is 41.6. The number of unbranched alkanes of at least 4 members (excludes halogenated alkanes) is 1. The normalized spacial score (nSPS) is 10.8. The molecule has 0 radical (unpaired) electrons. The first kappa shape index (κ1) is 24.7. The maximum absolute atomic E-state index is 14.2. The molecule has 0 aliphatic rings. The summed E-state index contributed by atoms with van der Waals surface area (Å²) in [7, 11) is 0. The number of hydrogen-bond acceptors (Lipinski definition) is 6. The molecule has 0 aliphatic carbocycles. The van der Waals surface area contributed by atoms with E-state index in [-0.39, 0.29) is 29.5 Å². The van der Waals surface area contributed by atoms with E-state index < -0.39 is 17.1 Å². The fourth-order valence-corrected chi connectivity index (χ4v) is 3.52.